The molecule has 2 N–H and O–H groups in total. The van der Waals surface area contributed by atoms with Crippen LogP contribution in [0.2, 0.25) is 0 Å². The predicted molar refractivity (Wildman–Crippen MR) is 80.5 cm³/mol. The largest absolute Gasteiger partial charge is 0.481 e. The molecule has 1 fully saturated rings. The van der Waals surface area contributed by atoms with E-state index >= 15 is 0 Å². The van der Waals surface area contributed by atoms with Gasteiger partial charge in [0.1, 0.15) is 0 Å². The molecule has 0 aliphatic heterocycles. The number of nitrogens with one attached hydrogen (secondary N) is 1. The molecule has 1 heterocycles. The molecule has 2 aromatic rings. The summed E-state index contributed by atoms with van der Waals surface area (Å²) in [5, 5.41) is 12.3. The monoisotopic (exact) mass is 304 g/mol. The quantitative estimate of drug-likeness (QED) is 0.913. The number of amides is 1. The van der Waals surface area contributed by atoms with E-state index < -0.39 is 11.4 Å². The van der Waals surface area contributed by atoms with Crippen molar-refractivity contribution in [2.75, 3.05) is 0 Å². The second-order valence-corrected chi connectivity index (χ2v) is 6.56. The Kier molecular flexibility index (Phi) is 3.41. The van der Waals surface area contributed by atoms with Crippen LogP contribution in [0.4, 0.5) is 0 Å². The lowest BCUT2D eigenvalue weighted by Crippen LogP contribution is -2.47. The summed E-state index contributed by atoms with van der Waals surface area (Å²) in [5.74, 6) is -1.06. The molecule has 0 bridgehead atoms. The van der Waals surface area contributed by atoms with Gasteiger partial charge in [-0.1, -0.05) is 6.42 Å². The summed E-state index contributed by atoms with van der Waals surface area (Å²) in [6.07, 6.45) is 2.13. The second-order valence-electron chi connectivity index (χ2n) is 5.68. The molecular formula is C15H16N2O3S. The van der Waals surface area contributed by atoms with Crippen molar-refractivity contribution in [3.05, 3.63) is 29.3 Å². The minimum absolute atomic E-state index is 0.218. The Bertz CT molecular complexity index is 712. The third-order valence-electron chi connectivity index (χ3n) is 4.35. The molecule has 1 aromatic heterocycles. The molecule has 1 aromatic carbocycles. The Hall–Kier alpha value is -1.95. The zero-order valence-corrected chi connectivity index (χ0v) is 12.4. The number of aliphatic carboxylic acids is 1. The van der Waals surface area contributed by atoms with Crippen LogP contribution in [0.15, 0.2) is 23.7 Å². The van der Waals surface area contributed by atoms with E-state index in [0.717, 1.165) is 16.6 Å². The second kappa shape index (κ2) is 5.11. The number of rotatable bonds is 3. The van der Waals surface area contributed by atoms with Crippen molar-refractivity contribution in [2.45, 2.75) is 32.2 Å². The van der Waals surface area contributed by atoms with E-state index in [1.165, 1.54) is 11.3 Å². The number of carbonyl (C=O) groups excluding carboxylic acids is 1. The highest BCUT2D eigenvalue weighted by Crippen LogP contribution is 2.38. The molecule has 2 unspecified atom stereocenters. The topological polar surface area (TPSA) is 79.3 Å². The van der Waals surface area contributed by atoms with Crippen molar-refractivity contribution in [2.24, 2.45) is 5.41 Å². The van der Waals surface area contributed by atoms with Gasteiger partial charge in [0, 0.05) is 11.6 Å². The maximum atomic E-state index is 12.4. The number of fused-ring (bicyclic) bond motifs is 1. The van der Waals surface area contributed by atoms with Crippen LogP contribution in [-0.2, 0) is 4.79 Å². The SMILES string of the molecule is CC1(C(=O)O)CCCC1NC(=O)c1ccc2ncsc2c1. The lowest BCUT2D eigenvalue weighted by Gasteiger charge is -2.27. The molecule has 0 radical (unpaired) electrons. The fourth-order valence-electron chi connectivity index (χ4n) is 2.89. The number of carboxylic acids is 1. The molecule has 6 heteroatoms. The van der Waals surface area contributed by atoms with Crippen LogP contribution >= 0.6 is 11.3 Å². The van der Waals surface area contributed by atoms with E-state index in [1.54, 1.807) is 24.6 Å². The third-order valence-corrected chi connectivity index (χ3v) is 5.14. The Labute approximate surface area is 126 Å². The average molecular weight is 304 g/mol. The van der Waals surface area contributed by atoms with Gasteiger partial charge in [0.2, 0.25) is 0 Å². The molecule has 1 saturated carbocycles. The highest BCUT2D eigenvalue weighted by atomic mass is 32.1. The minimum Gasteiger partial charge on any atom is -0.481 e. The van der Waals surface area contributed by atoms with Crippen LogP contribution < -0.4 is 5.32 Å². The van der Waals surface area contributed by atoms with Gasteiger partial charge < -0.3 is 10.4 Å². The summed E-state index contributed by atoms with van der Waals surface area (Å²) >= 11 is 1.48. The van der Waals surface area contributed by atoms with Gasteiger partial charge in [0.15, 0.2) is 0 Å². The minimum atomic E-state index is -0.871. The molecule has 1 amide bonds. The normalized spacial score (nSPS) is 25.1. The third kappa shape index (κ3) is 2.40. The van der Waals surface area contributed by atoms with Gasteiger partial charge in [0.05, 0.1) is 21.1 Å². The molecule has 1 aliphatic rings. The number of carboxylic acid groups (broad SMARTS) is 1. The first kappa shape index (κ1) is 14.0. The Morgan fingerprint density at radius 2 is 2.29 bits per heavy atom. The van der Waals surface area contributed by atoms with Crippen molar-refractivity contribution < 1.29 is 14.7 Å². The molecule has 5 nitrogen and oxygen atoms in total. The van der Waals surface area contributed by atoms with E-state index in [9.17, 15) is 14.7 Å². The van der Waals surface area contributed by atoms with Gasteiger partial charge in [-0.2, -0.15) is 0 Å². The highest BCUT2D eigenvalue weighted by molar-refractivity contribution is 7.16. The molecule has 3 rings (SSSR count). The zero-order valence-electron chi connectivity index (χ0n) is 11.6. The lowest BCUT2D eigenvalue weighted by molar-refractivity contribution is -0.148. The summed E-state index contributed by atoms with van der Waals surface area (Å²) in [6.45, 7) is 1.71. The standard InChI is InChI=1S/C15H16N2O3S/c1-15(14(19)20)6-2-3-12(15)17-13(18)9-4-5-10-11(7-9)21-8-16-10/h4-5,7-8,12H,2-3,6H2,1H3,(H,17,18)(H,19,20). The van der Waals surface area contributed by atoms with Crippen molar-refractivity contribution in [3.63, 3.8) is 0 Å². The van der Waals surface area contributed by atoms with Crippen LogP contribution in [0.1, 0.15) is 36.5 Å². The first-order chi connectivity index (χ1) is 10.0. The molecule has 110 valence electrons. The zero-order chi connectivity index (χ0) is 15.0. The van der Waals surface area contributed by atoms with Gasteiger partial charge >= 0.3 is 5.97 Å². The smallest absolute Gasteiger partial charge is 0.311 e. The summed E-state index contributed by atoms with van der Waals surface area (Å²) in [7, 11) is 0. The van der Waals surface area contributed by atoms with Gasteiger partial charge in [-0.05, 0) is 38.0 Å². The molecular weight excluding hydrogens is 288 g/mol. The molecule has 1 aliphatic carbocycles. The molecule has 21 heavy (non-hydrogen) atoms. The number of nitrogens with zero attached hydrogens (tertiary/aromatic N) is 1. The molecule has 0 spiro atoms. The summed E-state index contributed by atoms with van der Waals surface area (Å²) in [6, 6.07) is 5.02. The number of thiazole rings is 1. The van der Waals surface area contributed by atoms with Crippen molar-refractivity contribution in [3.8, 4) is 0 Å². The van der Waals surface area contributed by atoms with Gasteiger partial charge in [-0.25, -0.2) is 4.98 Å². The Balaban J connectivity index is 1.81. The van der Waals surface area contributed by atoms with E-state index in [1.807, 2.05) is 6.07 Å². The van der Waals surface area contributed by atoms with Crippen LogP contribution in [0, 0.1) is 5.41 Å². The van der Waals surface area contributed by atoms with Crippen LogP contribution in [-0.4, -0.2) is 28.0 Å². The first-order valence-electron chi connectivity index (χ1n) is 6.88. The lowest BCUT2D eigenvalue weighted by atomic mass is 9.85. The van der Waals surface area contributed by atoms with E-state index in [4.69, 9.17) is 0 Å². The van der Waals surface area contributed by atoms with E-state index in [-0.39, 0.29) is 11.9 Å². The van der Waals surface area contributed by atoms with Crippen LogP contribution in [0.5, 0.6) is 0 Å². The predicted octanol–water partition coefficient (Wildman–Crippen LogP) is 2.67. The number of benzene rings is 1. The van der Waals surface area contributed by atoms with E-state index in [2.05, 4.69) is 10.3 Å². The van der Waals surface area contributed by atoms with Crippen molar-refractivity contribution >= 4 is 33.4 Å². The van der Waals surface area contributed by atoms with Crippen molar-refractivity contribution in [1.82, 2.24) is 10.3 Å². The van der Waals surface area contributed by atoms with Crippen LogP contribution in [0.25, 0.3) is 10.2 Å². The number of hydrogen-bond acceptors (Lipinski definition) is 4. The summed E-state index contributed by atoms with van der Waals surface area (Å²) in [4.78, 5) is 28.0. The van der Waals surface area contributed by atoms with E-state index in [0.29, 0.717) is 18.4 Å². The maximum Gasteiger partial charge on any atom is 0.311 e. The highest BCUT2D eigenvalue weighted by Gasteiger charge is 2.45. The average Bonchev–Trinajstić information content (AvgIpc) is 3.06. The Morgan fingerprint density at radius 3 is 3.05 bits per heavy atom. The summed E-state index contributed by atoms with van der Waals surface area (Å²) in [5.41, 5.74) is 2.29. The maximum absolute atomic E-state index is 12.4. The number of aromatic nitrogens is 1. The summed E-state index contributed by atoms with van der Waals surface area (Å²) < 4.78 is 0.954. The van der Waals surface area contributed by atoms with Crippen LogP contribution in [0.3, 0.4) is 0 Å². The fourth-order valence-corrected chi connectivity index (χ4v) is 3.61. The molecule has 0 saturated heterocycles. The number of hydrogen-bond donors (Lipinski definition) is 2. The van der Waals surface area contributed by atoms with Gasteiger partial charge in [-0.15, -0.1) is 11.3 Å². The van der Waals surface area contributed by atoms with Gasteiger partial charge in [0.25, 0.3) is 5.91 Å². The Morgan fingerprint density at radius 1 is 1.48 bits per heavy atom. The molecule has 2 atom stereocenters. The van der Waals surface area contributed by atoms with Gasteiger partial charge in [-0.3, -0.25) is 9.59 Å². The number of carbonyl (C=O) groups is 2. The fraction of sp³-hybridized carbons (Fsp3) is 0.400. The first-order valence-corrected chi connectivity index (χ1v) is 7.76. The van der Waals surface area contributed by atoms with Crippen molar-refractivity contribution in [1.29, 1.82) is 0 Å².